The zero-order valence-corrected chi connectivity index (χ0v) is 18.1. The van der Waals surface area contributed by atoms with Gasteiger partial charge in [-0.3, -0.25) is 9.48 Å². The van der Waals surface area contributed by atoms with E-state index < -0.39 is 0 Å². The molecule has 0 aliphatic carbocycles. The standard InChI is InChI=1S/C21H23Cl2N3O3/c1-13-5-6-16(11-14(13)2)28-12-17-7-8-18(29-17)21(27)24-9-4-10-26-20(23)19(22)15(3)25-26/h5-8,11H,4,9-10,12H2,1-3H3,(H,24,27). The Bertz CT molecular complexity index is 1010. The fourth-order valence-electron chi connectivity index (χ4n) is 2.73. The molecule has 2 heterocycles. The van der Waals surface area contributed by atoms with Crippen molar-refractivity contribution in [1.82, 2.24) is 15.1 Å². The van der Waals surface area contributed by atoms with Crippen molar-refractivity contribution in [1.29, 1.82) is 0 Å². The van der Waals surface area contributed by atoms with Crippen LogP contribution in [0.4, 0.5) is 0 Å². The Morgan fingerprint density at radius 3 is 2.66 bits per heavy atom. The second kappa shape index (κ2) is 9.37. The Morgan fingerprint density at radius 1 is 1.17 bits per heavy atom. The van der Waals surface area contributed by atoms with E-state index in [2.05, 4.69) is 17.3 Å². The molecule has 0 aliphatic rings. The molecule has 0 unspecified atom stereocenters. The number of hydrogen-bond donors (Lipinski definition) is 1. The largest absolute Gasteiger partial charge is 0.486 e. The maximum atomic E-state index is 12.2. The van der Waals surface area contributed by atoms with Gasteiger partial charge in [0.2, 0.25) is 0 Å². The van der Waals surface area contributed by atoms with Crippen LogP contribution in [-0.2, 0) is 13.2 Å². The van der Waals surface area contributed by atoms with E-state index in [9.17, 15) is 4.79 Å². The van der Waals surface area contributed by atoms with Crippen molar-refractivity contribution in [3.8, 4) is 5.75 Å². The number of rotatable bonds is 8. The van der Waals surface area contributed by atoms with E-state index in [0.29, 0.717) is 41.1 Å². The van der Waals surface area contributed by atoms with E-state index in [0.717, 1.165) is 11.3 Å². The number of halogens is 2. The first-order valence-corrected chi connectivity index (χ1v) is 10.1. The molecule has 1 amide bonds. The summed E-state index contributed by atoms with van der Waals surface area (Å²) in [7, 11) is 0. The molecule has 0 spiro atoms. The molecule has 1 aromatic carbocycles. The highest BCUT2D eigenvalue weighted by Crippen LogP contribution is 2.25. The predicted molar refractivity (Wildman–Crippen MR) is 113 cm³/mol. The van der Waals surface area contributed by atoms with Crippen LogP contribution in [0.1, 0.15) is 39.6 Å². The molecule has 3 aromatic rings. The quantitative estimate of drug-likeness (QED) is 0.499. The Labute approximate surface area is 179 Å². The maximum absolute atomic E-state index is 12.2. The van der Waals surface area contributed by atoms with Gasteiger partial charge in [-0.1, -0.05) is 29.3 Å². The number of carbonyl (C=O) groups is 1. The van der Waals surface area contributed by atoms with Gasteiger partial charge < -0.3 is 14.5 Å². The Balaban J connectivity index is 1.45. The van der Waals surface area contributed by atoms with E-state index in [4.69, 9.17) is 32.4 Å². The molecule has 0 radical (unpaired) electrons. The molecule has 0 atom stereocenters. The molecular weight excluding hydrogens is 413 g/mol. The molecule has 154 valence electrons. The summed E-state index contributed by atoms with van der Waals surface area (Å²) in [5.41, 5.74) is 3.06. The molecular formula is C21H23Cl2N3O3. The molecule has 1 N–H and O–H groups in total. The lowest BCUT2D eigenvalue weighted by Gasteiger charge is -2.07. The summed E-state index contributed by atoms with van der Waals surface area (Å²) in [6.45, 7) is 7.16. The SMILES string of the molecule is Cc1ccc(OCc2ccc(C(=O)NCCCn3nc(C)c(Cl)c3Cl)o2)cc1C. The van der Waals surface area contributed by atoms with E-state index in [1.165, 1.54) is 5.56 Å². The zero-order valence-electron chi connectivity index (χ0n) is 16.6. The Hall–Kier alpha value is -2.44. The number of ether oxygens (including phenoxy) is 1. The Kier molecular flexibility index (Phi) is 6.87. The highest BCUT2D eigenvalue weighted by atomic mass is 35.5. The second-order valence-electron chi connectivity index (χ2n) is 6.82. The lowest BCUT2D eigenvalue weighted by atomic mass is 10.1. The molecule has 0 saturated carbocycles. The van der Waals surface area contributed by atoms with Gasteiger partial charge in [0.15, 0.2) is 5.76 Å². The number of nitrogens with zero attached hydrogens (tertiary/aromatic N) is 2. The van der Waals surface area contributed by atoms with Gasteiger partial charge >= 0.3 is 0 Å². The normalized spacial score (nSPS) is 10.9. The van der Waals surface area contributed by atoms with Crippen molar-refractivity contribution in [2.24, 2.45) is 0 Å². The summed E-state index contributed by atoms with van der Waals surface area (Å²) >= 11 is 12.1. The van der Waals surface area contributed by atoms with Gasteiger partial charge in [-0.25, -0.2) is 0 Å². The second-order valence-corrected chi connectivity index (χ2v) is 7.56. The monoisotopic (exact) mass is 435 g/mol. The summed E-state index contributed by atoms with van der Waals surface area (Å²) in [5, 5.41) is 7.94. The van der Waals surface area contributed by atoms with Crippen molar-refractivity contribution in [2.75, 3.05) is 6.54 Å². The topological polar surface area (TPSA) is 69.3 Å². The van der Waals surface area contributed by atoms with Crippen molar-refractivity contribution >= 4 is 29.1 Å². The lowest BCUT2D eigenvalue weighted by molar-refractivity contribution is 0.0921. The molecule has 6 nitrogen and oxygen atoms in total. The fourth-order valence-corrected chi connectivity index (χ4v) is 3.13. The average molecular weight is 436 g/mol. The van der Waals surface area contributed by atoms with Crippen molar-refractivity contribution in [3.05, 3.63) is 68.8 Å². The van der Waals surface area contributed by atoms with Gasteiger partial charge in [-0.05, 0) is 62.6 Å². The van der Waals surface area contributed by atoms with Gasteiger partial charge in [0.25, 0.3) is 5.91 Å². The van der Waals surface area contributed by atoms with Gasteiger partial charge in [-0.2, -0.15) is 5.10 Å². The number of nitrogens with one attached hydrogen (secondary N) is 1. The van der Waals surface area contributed by atoms with Crippen LogP contribution in [0.15, 0.2) is 34.7 Å². The summed E-state index contributed by atoms with van der Waals surface area (Å²) in [6, 6.07) is 9.29. The number of hydrogen-bond acceptors (Lipinski definition) is 4. The highest BCUT2D eigenvalue weighted by molar-refractivity contribution is 6.41. The van der Waals surface area contributed by atoms with Crippen molar-refractivity contribution in [3.63, 3.8) is 0 Å². The lowest BCUT2D eigenvalue weighted by Crippen LogP contribution is -2.25. The number of carbonyl (C=O) groups excluding carboxylic acids is 1. The van der Waals surface area contributed by atoms with Gasteiger partial charge in [-0.15, -0.1) is 0 Å². The van der Waals surface area contributed by atoms with Crippen LogP contribution in [0.25, 0.3) is 0 Å². The number of benzene rings is 1. The first kappa shape index (κ1) is 21.3. The van der Waals surface area contributed by atoms with Crippen LogP contribution in [0.5, 0.6) is 5.75 Å². The van der Waals surface area contributed by atoms with E-state index in [-0.39, 0.29) is 18.3 Å². The van der Waals surface area contributed by atoms with Gasteiger partial charge in [0.1, 0.15) is 28.3 Å². The van der Waals surface area contributed by atoms with Crippen LogP contribution in [-0.4, -0.2) is 22.2 Å². The molecule has 0 saturated heterocycles. The summed E-state index contributed by atoms with van der Waals surface area (Å²) < 4.78 is 12.9. The number of aryl methyl sites for hydroxylation is 4. The molecule has 0 fully saturated rings. The van der Waals surface area contributed by atoms with Crippen molar-refractivity contribution in [2.45, 2.75) is 40.3 Å². The Morgan fingerprint density at radius 2 is 1.97 bits per heavy atom. The maximum Gasteiger partial charge on any atom is 0.286 e. The molecule has 8 heteroatoms. The fraction of sp³-hybridized carbons (Fsp3) is 0.333. The number of amides is 1. The van der Waals surface area contributed by atoms with Crippen LogP contribution in [0, 0.1) is 20.8 Å². The van der Waals surface area contributed by atoms with Crippen LogP contribution < -0.4 is 10.1 Å². The molecule has 0 aliphatic heterocycles. The zero-order chi connectivity index (χ0) is 21.0. The summed E-state index contributed by atoms with van der Waals surface area (Å²) in [6.07, 6.45) is 0.659. The third-order valence-corrected chi connectivity index (χ3v) is 5.51. The molecule has 2 aromatic heterocycles. The summed E-state index contributed by atoms with van der Waals surface area (Å²) in [4.78, 5) is 12.2. The van der Waals surface area contributed by atoms with Crippen LogP contribution in [0.3, 0.4) is 0 Å². The van der Waals surface area contributed by atoms with E-state index in [1.54, 1.807) is 23.7 Å². The highest BCUT2D eigenvalue weighted by Gasteiger charge is 2.13. The smallest absolute Gasteiger partial charge is 0.286 e. The van der Waals surface area contributed by atoms with Crippen molar-refractivity contribution < 1.29 is 13.9 Å². The van der Waals surface area contributed by atoms with Gasteiger partial charge in [0, 0.05) is 13.1 Å². The number of aromatic nitrogens is 2. The average Bonchev–Trinajstić information content (AvgIpc) is 3.27. The summed E-state index contributed by atoms with van der Waals surface area (Å²) in [5.74, 6) is 1.33. The van der Waals surface area contributed by atoms with Gasteiger partial charge in [0.05, 0.1) is 5.69 Å². The van der Waals surface area contributed by atoms with E-state index >= 15 is 0 Å². The minimum Gasteiger partial charge on any atom is -0.486 e. The minimum absolute atomic E-state index is 0.250. The number of furan rings is 1. The first-order valence-electron chi connectivity index (χ1n) is 9.30. The molecule has 0 bridgehead atoms. The van der Waals surface area contributed by atoms with Crippen LogP contribution >= 0.6 is 23.2 Å². The molecule has 29 heavy (non-hydrogen) atoms. The van der Waals surface area contributed by atoms with E-state index in [1.807, 2.05) is 25.1 Å². The third kappa shape index (κ3) is 5.34. The molecule has 3 rings (SSSR count). The minimum atomic E-state index is -0.275. The third-order valence-electron chi connectivity index (χ3n) is 4.57. The first-order chi connectivity index (χ1) is 13.8. The predicted octanol–water partition coefficient (Wildman–Crippen LogP) is 5.11. The van der Waals surface area contributed by atoms with Crippen LogP contribution in [0.2, 0.25) is 10.2 Å².